The smallest absolute Gasteiger partial charge is 0.410 e. The van der Waals surface area contributed by atoms with Crippen LogP contribution in [0.25, 0.3) is 22.4 Å². The van der Waals surface area contributed by atoms with Crippen LogP contribution in [-0.4, -0.2) is 56.9 Å². The first-order chi connectivity index (χ1) is 16.3. The number of imidazole rings is 1. The van der Waals surface area contributed by atoms with E-state index in [2.05, 4.69) is 37.8 Å². The predicted octanol–water partition coefficient (Wildman–Crippen LogP) is 4.51. The van der Waals surface area contributed by atoms with E-state index in [1.165, 1.54) is 0 Å². The second-order valence-electron chi connectivity index (χ2n) is 11.5. The highest BCUT2D eigenvalue weighted by Crippen LogP contribution is 2.32. The number of anilines is 1. The Labute approximate surface area is 207 Å². The van der Waals surface area contributed by atoms with Gasteiger partial charge in [0.15, 0.2) is 5.65 Å². The van der Waals surface area contributed by atoms with Crippen molar-refractivity contribution in [3.05, 3.63) is 46.9 Å². The van der Waals surface area contributed by atoms with Gasteiger partial charge in [-0.15, -0.1) is 0 Å². The molecule has 3 aromatic rings. The van der Waals surface area contributed by atoms with E-state index >= 15 is 0 Å². The highest BCUT2D eigenvalue weighted by molar-refractivity contribution is 5.82. The Bertz CT molecular complexity index is 1280. The summed E-state index contributed by atoms with van der Waals surface area (Å²) in [7, 11) is 1.78. The number of hydrogen-bond donors (Lipinski definition) is 0. The van der Waals surface area contributed by atoms with Gasteiger partial charge >= 0.3 is 11.8 Å². The van der Waals surface area contributed by atoms with Gasteiger partial charge in [0.1, 0.15) is 5.60 Å². The molecule has 35 heavy (non-hydrogen) atoms. The second-order valence-corrected chi connectivity index (χ2v) is 11.5. The van der Waals surface area contributed by atoms with E-state index in [0.29, 0.717) is 38.4 Å². The molecule has 8 nitrogen and oxygen atoms in total. The Hall–Kier alpha value is -3.29. The zero-order chi connectivity index (χ0) is 25.5. The lowest BCUT2D eigenvalue weighted by Gasteiger charge is -2.37. The van der Waals surface area contributed by atoms with Gasteiger partial charge in [-0.1, -0.05) is 39.0 Å². The van der Waals surface area contributed by atoms with Crippen molar-refractivity contribution < 1.29 is 9.53 Å². The molecule has 2 aromatic heterocycles. The lowest BCUT2D eigenvalue weighted by atomic mass is 9.97. The molecule has 0 aliphatic carbocycles. The number of fused-ring (bicyclic) bond motifs is 1. The fraction of sp³-hybridized carbons (Fsp3) is 0.519. The number of rotatable bonds is 3. The van der Waals surface area contributed by atoms with Gasteiger partial charge in [-0.05, 0) is 44.4 Å². The van der Waals surface area contributed by atoms with Crippen molar-refractivity contribution in [2.75, 3.05) is 31.1 Å². The van der Waals surface area contributed by atoms with Crippen molar-refractivity contribution in [3.63, 3.8) is 0 Å². The van der Waals surface area contributed by atoms with Crippen LogP contribution in [0, 0.1) is 5.41 Å². The van der Waals surface area contributed by atoms with E-state index in [4.69, 9.17) is 9.72 Å². The van der Waals surface area contributed by atoms with Gasteiger partial charge in [-0.3, -0.25) is 9.13 Å². The van der Waals surface area contributed by atoms with Crippen LogP contribution in [0.1, 0.15) is 41.5 Å². The minimum atomic E-state index is -0.503. The number of ether oxygens (including phenoxy) is 1. The van der Waals surface area contributed by atoms with Crippen molar-refractivity contribution >= 4 is 22.9 Å². The minimum Gasteiger partial charge on any atom is -0.444 e. The van der Waals surface area contributed by atoms with Gasteiger partial charge in [0.05, 0.1) is 11.2 Å². The number of aryl methyl sites for hydroxylation is 1. The summed E-state index contributed by atoms with van der Waals surface area (Å²) in [5, 5.41) is 0. The number of nitrogens with zero attached hydrogens (tertiary/aromatic N) is 5. The molecule has 0 spiro atoms. The van der Waals surface area contributed by atoms with E-state index < -0.39 is 5.60 Å². The normalized spacial score (nSPS) is 15.1. The van der Waals surface area contributed by atoms with Crippen LogP contribution in [0.2, 0.25) is 0 Å². The summed E-state index contributed by atoms with van der Waals surface area (Å²) in [6.45, 7) is 15.3. The first kappa shape index (κ1) is 24.8. The third-order valence-electron chi connectivity index (χ3n) is 6.07. The van der Waals surface area contributed by atoms with Crippen LogP contribution in [0.3, 0.4) is 0 Å². The average molecular weight is 480 g/mol. The van der Waals surface area contributed by atoms with E-state index in [1.54, 1.807) is 16.5 Å². The van der Waals surface area contributed by atoms with Crippen molar-refractivity contribution in [2.45, 2.75) is 53.7 Å². The maximum atomic E-state index is 12.9. The largest absolute Gasteiger partial charge is 0.444 e. The average Bonchev–Trinajstić information content (AvgIpc) is 3.01. The predicted molar refractivity (Wildman–Crippen MR) is 140 cm³/mol. The summed E-state index contributed by atoms with van der Waals surface area (Å²) in [5.41, 5.74) is 3.86. The fourth-order valence-corrected chi connectivity index (χ4v) is 4.47. The molecule has 188 valence electrons. The lowest BCUT2D eigenvalue weighted by Crippen LogP contribution is -2.50. The molecule has 0 atom stereocenters. The maximum Gasteiger partial charge on any atom is 0.410 e. The fourth-order valence-electron chi connectivity index (χ4n) is 4.47. The molecule has 0 N–H and O–H groups in total. The number of pyridine rings is 1. The Morgan fingerprint density at radius 1 is 0.971 bits per heavy atom. The Morgan fingerprint density at radius 2 is 1.63 bits per heavy atom. The molecule has 0 bridgehead atoms. The van der Waals surface area contributed by atoms with Gasteiger partial charge in [0.2, 0.25) is 0 Å². The topological polar surface area (TPSA) is 72.6 Å². The highest BCUT2D eigenvalue weighted by Gasteiger charge is 2.27. The molecule has 0 saturated carbocycles. The van der Waals surface area contributed by atoms with Crippen LogP contribution in [0.4, 0.5) is 10.5 Å². The van der Waals surface area contributed by atoms with Gasteiger partial charge in [0, 0.05) is 51.0 Å². The summed E-state index contributed by atoms with van der Waals surface area (Å²) >= 11 is 0. The van der Waals surface area contributed by atoms with Gasteiger partial charge in [0.25, 0.3) is 0 Å². The molecule has 8 heteroatoms. The van der Waals surface area contributed by atoms with E-state index in [9.17, 15) is 9.59 Å². The molecule has 0 radical (unpaired) electrons. The van der Waals surface area contributed by atoms with Gasteiger partial charge in [-0.2, -0.15) is 0 Å². The summed E-state index contributed by atoms with van der Waals surface area (Å²) in [4.78, 5) is 34.4. The van der Waals surface area contributed by atoms with Crippen LogP contribution >= 0.6 is 0 Å². The third-order valence-corrected chi connectivity index (χ3v) is 6.07. The number of carbonyl (C=O) groups excluding carboxylic acids is 1. The van der Waals surface area contributed by atoms with Crippen LogP contribution < -0.4 is 10.6 Å². The zero-order valence-electron chi connectivity index (χ0n) is 22.0. The number of piperazine rings is 1. The first-order valence-electron chi connectivity index (χ1n) is 12.2. The van der Waals surface area contributed by atoms with Crippen LogP contribution in [0.5, 0.6) is 0 Å². The molecule has 1 aliphatic heterocycles. The van der Waals surface area contributed by atoms with Crippen LogP contribution in [-0.2, 0) is 18.3 Å². The maximum absolute atomic E-state index is 12.9. The van der Waals surface area contributed by atoms with E-state index in [1.807, 2.05) is 49.6 Å². The number of aromatic nitrogens is 3. The van der Waals surface area contributed by atoms with E-state index in [-0.39, 0.29) is 17.2 Å². The van der Waals surface area contributed by atoms with Crippen molar-refractivity contribution in [2.24, 2.45) is 12.5 Å². The number of benzene rings is 1. The minimum absolute atomic E-state index is 0.0230. The number of carbonyl (C=O) groups is 1. The summed E-state index contributed by atoms with van der Waals surface area (Å²) in [6, 6.07) is 12.2. The molecule has 4 rings (SSSR count). The van der Waals surface area contributed by atoms with Crippen molar-refractivity contribution in [3.8, 4) is 11.3 Å². The van der Waals surface area contributed by atoms with Gasteiger partial charge < -0.3 is 14.5 Å². The molecule has 1 saturated heterocycles. The highest BCUT2D eigenvalue weighted by atomic mass is 16.6. The summed E-state index contributed by atoms with van der Waals surface area (Å²) in [5.74, 6) is 0. The van der Waals surface area contributed by atoms with Crippen molar-refractivity contribution in [1.82, 2.24) is 19.0 Å². The quantitative estimate of drug-likeness (QED) is 0.553. The van der Waals surface area contributed by atoms with Crippen LogP contribution in [0.15, 0.2) is 41.2 Å². The summed E-state index contributed by atoms with van der Waals surface area (Å²) < 4.78 is 8.98. The SMILES string of the molecule is Cn1c(=O)n(CC(C)(C)C)c2ccc(-c3ccccc3N3CCN(C(=O)OC(C)(C)C)CC3)nc21. The molecule has 1 fully saturated rings. The Kier molecular flexibility index (Phi) is 6.42. The Morgan fingerprint density at radius 3 is 2.26 bits per heavy atom. The Balaban J connectivity index is 1.61. The van der Waals surface area contributed by atoms with Gasteiger partial charge in [-0.25, -0.2) is 14.6 Å². The molecule has 1 aromatic carbocycles. The summed E-state index contributed by atoms with van der Waals surface area (Å²) in [6.07, 6.45) is -0.266. The molecule has 0 unspecified atom stereocenters. The number of hydrogen-bond acceptors (Lipinski definition) is 5. The molecular formula is C27H37N5O3. The number of amides is 1. The third kappa shape index (κ3) is 5.36. The number of para-hydroxylation sites is 1. The van der Waals surface area contributed by atoms with E-state index in [0.717, 1.165) is 22.5 Å². The standard InChI is InChI=1S/C27H37N5O3/c1-26(2,3)18-32-22-13-12-20(28-23(22)29(7)24(32)33)19-10-8-9-11-21(19)30-14-16-31(17-15-30)25(34)35-27(4,5)6/h8-13H,14-18H2,1-7H3. The molecule has 1 aliphatic rings. The first-order valence-corrected chi connectivity index (χ1v) is 12.2. The molecule has 3 heterocycles. The molecular weight excluding hydrogens is 442 g/mol. The lowest BCUT2D eigenvalue weighted by molar-refractivity contribution is 0.0240. The molecule has 1 amide bonds. The van der Waals surface area contributed by atoms with Crippen molar-refractivity contribution in [1.29, 1.82) is 0 Å². The second kappa shape index (κ2) is 9.06. The zero-order valence-corrected chi connectivity index (χ0v) is 22.0. The monoisotopic (exact) mass is 479 g/mol.